The van der Waals surface area contributed by atoms with E-state index < -0.39 is 48.7 Å². The lowest BCUT2D eigenvalue weighted by molar-refractivity contribution is -0.137. The lowest BCUT2D eigenvalue weighted by atomic mass is 9.88. The second-order valence-electron chi connectivity index (χ2n) is 15.5. The molecular weight excluding hydrogens is 907 g/mol. The van der Waals surface area contributed by atoms with E-state index in [1.54, 1.807) is 67.6 Å². The Kier molecular flexibility index (Phi) is 16.4. The van der Waals surface area contributed by atoms with Crippen molar-refractivity contribution in [1.29, 1.82) is 0 Å². The van der Waals surface area contributed by atoms with Gasteiger partial charge in [0.1, 0.15) is 23.0 Å². The van der Waals surface area contributed by atoms with Crippen LogP contribution < -0.4 is 30.4 Å². The number of carbonyl (C=O) groups is 4. The monoisotopic (exact) mass is 950 g/mol. The average molecular weight is 951 g/mol. The number of ether oxygens (including phenoxy) is 4. The first-order chi connectivity index (χ1) is 32.8. The fourth-order valence-corrected chi connectivity index (χ4v) is 6.71. The topological polar surface area (TPSA) is 157 Å². The second-order valence-corrected chi connectivity index (χ2v) is 15.5. The maximum atomic E-state index is 14.0. The summed E-state index contributed by atoms with van der Waals surface area (Å²) in [5.74, 6) is -1.14. The Morgan fingerprint density at radius 3 is 1.39 bits per heavy atom. The maximum absolute atomic E-state index is 14.0. The third-order valence-corrected chi connectivity index (χ3v) is 10.3. The molecule has 69 heavy (non-hydrogen) atoms. The molecule has 0 fully saturated rings. The molecular formula is C53H44F6N2O8. The van der Waals surface area contributed by atoms with Gasteiger partial charge in [-0.1, -0.05) is 48.6 Å². The lowest BCUT2D eigenvalue weighted by Crippen LogP contribution is -2.10. The molecule has 10 nitrogen and oxygen atoms in total. The molecule has 0 atom stereocenters. The van der Waals surface area contributed by atoms with Crippen LogP contribution in [0.25, 0.3) is 23.3 Å². The quantitative estimate of drug-likeness (QED) is 0.0152. The number of alkyl halides is 6. The van der Waals surface area contributed by atoms with Crippen LogP contribution in [0.5, 0.6) is 23.0 Å². The number of nitrogens with two attached hydrogens (primary N) is 2. The standard InChI is InChI=1S/C53H44F6N2O8/c1-33-46(61)25-24-44(49(33)48(63)27-9-35-6-12-37(13-7-35)51(65)69-42-21-17-40(18-22-42)67-31-3-29-53(57,58)59)43-23-14-38(60)32-45(43)47(62)26-8-34-4-10-36(11-5-34)50(64)68-41-19-15-39(16-20-41)66-30-2-28-52(54,55)56/h4-27,32H,2-3,28-31,60-61H2,1H3/b26-8+,27-9+. The van der Waals surface area contributed by atoms with Crippen LogP contribution in [0.2, 0.25) is 0 Å². The Bertz CT molecular complexity index is 2840. The van der Waals surface area contributed by atoms with E-state index >= 15 is 0 Å². The van der Waals surface area contributed by atoms with Gasteiger partial charge >= 0.3 is 24.3 Å². The zero-order valence-electron chi connectivity index (χ0n) is 36.9. The first-order valence-electron chi connectivity index (χ1n) is 21.3. The van der Waals surface area contributed by atoms with Crippen molar-refractivity contribution in [2.75, 3.05) is 24.7 Å². The molecule has 0 aliphatic rings. The van der Waals surface area contributed by atoms with Crippen LogP contribution in [0, 0.1) is 6.92 Å². The number of halogens is 6. The van der Waals surface area contributed by atoms with Crippen molar-refractivity contribution in [3.8, 4) is 34.1 Å². The number of allylic oxidation sites excluding steroid dienone is 2. The number of ketones is 2. The summed E-state index contributed by atoms with van der Waals surface area (Å²) in [7, 11) is 0. The van der Waals surface area contributed by atoms with Gasteiger partial charge in [0.05, 0.1) is 24.3 Å². The first-order valence-corrected chi connectivity index (χ1v) is 21.3. The van der Waals surface area contributed by atoms with E-state index in [4.69, 9.17) is 30.4 Å². The molecule has 0 radical (unpaired) electrons. The highest BCUT2D eigenvalue weighted by atomic mass is 19.4. The van der Waals surface area contributed by atoms with Crippen molar-refractivity contribution in [1.82, 2.24) is 0 Å². The summed E-state index contributed by atoms with van der Waals surface area (Å²) in [6, 6.07) is 32.3. The smallest absolute Gasteiger partial charge is 0.389 e. The molecule has 0 saturated carbocycles. The molecule has 6 aromatic carbocycles. The number of hydrogen-bond acceptors (Lipinski definition) is 10. The van der Waals surface area contributed by atoms with Crippen molar-refractivity contribution in [3.63, 3.8) is 0 Å². The number of rotatable bonds is 19. The van der Waals surface area contributed by atoms with Crippen LogP contribution in [0.1, 0.15) is 83.8 Å². The molecule has 0 aliphatic heterocycles. The highest BCUT2D eigenvalue weighted by molar-refractivity contribution is 6.16. The Morgan fingerprint density at radius 2 is 0.942 bits per heavy atom. The molecule has 6 rings (SSSR count). The van der Waals surface area contributed by atoms with Crippen LogP contribution in [-0.2, 0) is 0 Å². The van der Waals surface area contributed by atoms with Gasteiger partial charge in [0.25, 0.3) is 0 Å². The Hall–Kier alpha value is -8.14. The summed E-state index contributed by atoms with van der Waals surface area (Å²) in [5.41, 5.74) is 16.4. The summed E-state index contributed by atoms with van der Waals surface area (Å²) in [4.78, 5) is 53.4. The van der Waals surface area contributed by atoms with Crippen LogP contribution in [0.3, 0.4) is 0 Å². The third-order valence-electron chi connectivity index (χ3n) is 10.3. The van der Waals surface area contributed by atoms with E-state index in [0.717, 1.165) is 0 Å². The predicted molar refractivity (Wildman–Crippen MR) is 249 cm³/mol. The minimum absolute atomic E-state index is 0.121. The fourth-order valence-electron chi connectivity index (χ4n) is 6.71. The van der Waals surface area contributed by atoms with E-state index in [0.29, 0.717) is 50.7 Å². The van der Waals surface area contributed by atoms with Gasteiger partial charge in [-0.15, -0.1) is 0 Å². The summed E-state index contributed by atoms with van der Waals surface area (Å²) >= 11 is 0. The zero-order valence-corrected chi connectivity index (χ0v) is 36.9. The highest BCUT2D eigenvalue weighted by Gasteiger charge is 2.27. The van der Waals surface area contributed by atoms with Gasteiger partial charge in [0.2, 0.25) is 0 Å². The molecule has 16 heteroatoms. The van der Waals surface area contributed by atoms with Gasteiger partial charge in [-0.05, 0) is 151 Å². The van der Waals surface area contributed by atoms with Crippen LogP contribution in [0.4, 0.5) is 37.7 Å². The molecule has 356 valence electrons. The normalized spacial score (nSPS) is 11.7. The van der Waals surface area contributed by atoms with Gasteiger partial charge in [0, 0.05) is 35.3 Å². The molecule has 0 bridgehead atoms. The molecule has 0 spiro atoms. The van der Waals surface area contributed by atoms with Crippen LogP contribution in [-0.4, -0.2) is 49.1 Å². The van der Waals surface area contributed by atoms with Crippen LogP contribution >= 0.6 is 0 Å². The van der Waals surface area contributed by atoms with Gasteiger partial charge in [-0.25, -0.2) is 9.59 Å². The largest absolute Gasteiger partial charge is 0.494 e. The summed E-state index contributed by atoms with van der Waals surface area (Å²) in [5, 5.41) is 0. The van der Waals surface area contributed by atoms with Crippen molar-refractivity contribution >= 4 is 47.0 Å². The van der Waals surface area contributed by atoms with E-state index in [1.807, 2.05) is 0 Å². The van der Waals surface area contributed by atoms with Crippen molar-refractivity contribution in [2.24, 2.45) is 0 Å². The molecule has 0 aliphatic carbocycles. The molecule has 0 saturated heterocycles. The molecule has 0 unspecified atom stereocenters. The van der Waals surface area contributed by atoms with Gasteiger partial charge in [-0.3, -0.25) is 9.59 Å². The number of carbonyl (C=O) groups excluding carboxylic acids is 4. The predicted octanol–water partition coefficient (Wildman–Crippen LogP) is 12.5. The lowest BCUT2D eigenvalue weighted by Gasteiger charge is -2.16. The van der Waals surface area contributed by atoms with Gasteiger partial charge in [0.15, 0.2) is 11.6 Å². The van der Waals surface area contributed by atoms with Crippen LogP contribution in [0.15, 0.2) is 140 Å². The minimum Gasteiger partial charge on any atom is -0.494 e. The fraction of sp³-hybridized carbons (Fsp3) is 0.170. The van der Waals surface area contributed by atoms with E-state index in [9.17, 15) is 45.5 Å². The van der Waals surface area contributed by atoms with Crippen molar-refractivity contribution in [2.45, 2.75) is 45.0 Å². The number of esters is 2. The van der Waals surface area contributed by atoms with E-state index in [1.165, 1.54) is 91.0 Å². The number of hydrogen-bond donors (Lipinski definition) is 2. The summed E-state index contributed by atoms with van der Waals surface area (Å²) in [6.07, 6.45) is -5.01. The molecule has 0 amide bonds. The van der Waals surface area contributed by atoms with Gasteiger partial charge < -0.3 is 30.4 Å². The highest BCUT2D eigenvalue weighted by Crippen LogP contribution is 2.34. The SMILES string of the molecule is Cc1c(N)ccc(-c2ccc(N)cc2C(=O)/C=C/c2ccc(C(=O)Oc3ccc(OCCCC(F)(F)F)cc3)cc2)c1C(=O)/C=C/c1ccc(C(=O)Oc2ccc(OCCCC(F)(F)F)cc2)cc1. The Labute approximate surface area is 392 Å². The Morgan fingerprint density at radius 1 is 0.522 bits per heavy atom. The first kappa shape index (κ1) is 50.3. The van der Waals surface area contributed by atoms with Crippen molar-refractivity contribution < 1.29 is 64.5 Å². The van der Waals surface area contributed by atoms with E-state index in [-0.39, 0.29) is 59.8 Å². The summed E-state index contributed by atoms with van der Waals surface area (Å²) < 4.78 is 95.7. The Balaban J connectivity index is 1.08. The molecule has 6 aromatic rings. The third kappa shape index (κ3) is 14.9. The van der Waals surface area contributed by atoms with Gasteiger partial charge in [-0.2, -0.15) is 26.3 Å². The van der Waals surface area contributed by atoms with Crippen molar-refractivity contribution in [3.05, 3.63) is 178 Å². The molecule has 0 heterocycles. The number of anilines is 2. The minimum atomic E-state index is -4.26. The number of benzene rings is 6. The number of nitrogen functional groups attached to an aromatic ring is 2. The zero-order chi connectivity index (χ0) is 49.7. The maximum Gasteiger partial charge on any atom is 0.389 e. The molecule has 4 N–H and O–H groups in total. The second kappa shape index (κ2) is 22.6. The summed E-state index contributed by atoms with van der Waals surface area (Å²) in [6.45, 7) is 1.45. The average Bonchev–Trinajstić information content (AvgIpc) is 3.31. The van der Waals surface area contributed by atoms with E-state index in [2.05, 4.69) is 0 Å². The molecule has 0 aromatic heterocycles.